The lowest BCUT2D eigenvalue weighted by atomic mass is 9.79. The number of rotatable bonds is 0. The van der Waals surface area contributed by atoms with E-state index in [-0.39, 0.29) is 0 Å². The Morgan fingerprint density at radius 1 is 1.18 bits per heavy atom. The fraction of sp³-hybridized carbons (Fsp3) is 1.00. The second kappa shape index (κ2) is 3.44. The van der Waals surface area contributed by atoms with Gasteiger partial charge in [0.1, 0.15) is 0 Å². The molecule has 0 aromatic heterocycles. The normalized spacial score (nSPS) is 45.0. The van der Waals surface area contributed by atoms with Crippen molar-refractivity contribution in [2.24, 2.45) is 5.92 Å². The second-order valence-electron chi connectivity index (χ2n) is 3.87. The van der Waals surface area contributed by atoms with E-state index >= 15 is 0 Å². The van der Waals surface area contributed by atoms with Crippen LogP contribution in [0.4, 0.5) is 0 Å². The Balaban J connectivity index is 1.93. The molecule has 1 saturated carbocycles. The van der Waals surface area contributed by atoms with Crippen molar-refractivity contribution < 1.29 is 0 Å². The summed E-state index contributed by atoms with van der Waals surface area (Å²) >= 11 is 3.72. The van der Waals surface area contributed by atoms with Crippen LogP contribution in [0, 0.1) is 5.92 Å². The Hall–Kier alpha value is 0.440. The molecule has 0 radical (unpaired) electrons. The van der Waals surface area contributed by atoms with E-state index < -0.39 is 0 Å². The van der Waals surface area contributed by atoms with Crippen LogP contribution in [0.25, 0.3) is 0 Å². The van der Waals surface area contributed by atoms with Crippen molar-refractivity contribution in [2.75, 3.05) is 6.54 Å². The molecule has 1 saturated heterocycles. The van der Waals surface area contributed by atoms with Crippen LogP contribution in [0.1, 0.15) is 32.1 Å². The summed E-state index contributed by atoms with van der Waals surface area (Å²) in [4.78, 5) is 0.809. The molecular formula is C9H16BrN. The van der Waals surface area contributed by atoms with Gasteiger partial charge in [-0.1, -0.05) is 15.9 Å². The lowest BCUT2D eigenvalue weighted by Crippen LogP contribution is -2.44. The molecule has 2 rings (SSSR count). The Bertz CT molecular complexity index is 138. The predicted octanol–water partition coefficient (Wildman–Crippen LogP) is 2.30. The van der Waals surface area contributed by atoms with E-state index in [1.807, 2.05) is 0 Å². The van der Waals surface area contributed by atoms with Gasteiger partial charge in [0.25, 0.3) is 0 Å². The highest BCUT2D eigenvalue weighted by molar-refractivity contribution is 9.09. The molecule has 1 N–H and O–H groups in total. The van der Waals surface area contributed by atoms with Gasteiger partial charge in [-0.05, 0) is 44.6 Å². The summed E-state index contributed by atoms with van der Waals surface area (Å²) in [6.45, 7) is 1.26. The molecule has 2 fully saturated rings. The molecule has 0 aromatic carbocycles. The topological polar surface area (TPSA) is 12.0 Å². The van der Waals surface area contributed by atoms with Gasteiger partial charge in [0.15, 0.2) is 0 Å². The molecule has 11 heavy (non-hydrogen) atoms. The zero-order valence-corrected chi connectivity index (χ0v) is 8.44. The van der Waals surface area contributed by atoms with Gasteiger partial charge in [-0.25, -0.2) is 0 Å². The lowest BCUT2D eigenvalue weighted by molar-refractivity contribution is 0.217. The summed E-state index contributed by atoms with van der Waals surface area (Å²) in [5.41, 5.74) is 0. The standard InChI is InChI=1S/C9H16BrN/c10-8-3-4-9-7(6-8)2-1-5-11-9/h7-9,11H,1-6H2. The fourth-order valence-electron chi connectivity index (χ4n) is 2.45. The summed E-state index contributed by atoms with van der Waals surface area (Å²) in [6, 6.07) is 0.859. The number of nitrogens with one attached hydrogen (secondary N) is 1. The molecule has 1 aliphatic heterocycles. The number of hydrogen-bond acceptors (Lipinski definition) is 1. The smallest absolute Gasteiger partial charge is 0.0149 e. The predicted molar refractivity (Wildman–Crippen MR) is 51.1 cm³/mol. The fourth-order valence-corrected chi connectivity index (χ4v) is 3.19. The number of hydrogen-bond donors (Lipinski definition) is 1. The van der Waals surface area contributed by atoms with Gasteiger partial charge in [0.2, 0.25) is 0 Å². The molecule has 0 bridgehead atoms. The average molecular weight is 218 g/mol. The minimum atomic E-state index is 0.809. The average Bonchev–Trinajstić information content (AvgIpc) is 2.04. The Morgan fingerprint density at radius 2 is 2.09 bits per heavy atom. The molecule has 2 aliphatic rings. The third-order valence-electron chi connectivity index (χ3n) is 3.08. The largest absolute Gasteiger partial charge is 0.314 e. The Kier molecular flexibility index (Phi) is 2.52. The van der Waals surface area contributed by atoms with Crippen molar-refractivity contribution in [3.8, 4) is 0 Å². The van der Waals surface area contributed by atoms with E-state index in [0.717, 1.165) is 16.8 Å². The molecule has 1 heterocycles. The highest BCUT2D eigenvalue weighted by Crippen LogP contribution is 2.33. The van der Waals surface area contributed by atoms with Gasteiger partial charge in [0.05, 0.1) is 0 Å². The first-order valence-corrected chi connectivity index (χ1v) is 5.65. The van der Waals surface area contributed by atoms with Gasteiger partial charge < -0.3 is 5.32 Å². The second-order valence-corrected chi connectivity index (χ2v) is 5.17. The Labute approximate surface area is 77.1 Å². The van der Waals surface area contributed by atoms with Gasteiger partial charge in [-0.15, -0.1) is 0 Å². The number of fused-ring (bicyclic) bond motifs is 1. The summed E-state index contributed by atoms with van der Waals surface area (Å²) in [5, 5.41) is 3.62. The monoisotopic (exact) mass is 217 g/mol. The van der Waals surface area contributed by atoms with Crippen LogP contribution in [0.15, 0.2) is 0 Å². The summed E-state index contributed by atoms with van der Waals surface area (Å²) < 4.78 is 0. The molecule has 1 nitrogen and oxygen atoms in total. The van der Waals surface area contributed by atoms with Gasteiger partial charge in [-0.3, -0.25) is 0 Å². The van der Waals surface area contributed by atoms with Gasteiger partial charge in [0, 0.05) is 10.9 Å². The van der Waals surface area contributed by atoms with Gasteiger partial charge >= 0.3 is 0 Å². The Morgan fingerprint density at radius 3 is 3.00 bits per heavy atom. The van der Waals surface area contributed by atoms with Crippen molar-refractivity contribution in [3.05, 3.63) is 0 Å². The first-order chi connectivity index (χ1) is 5.36. The maximum Gasteiger partial charge on any atom is 0.0149 e. The molecule has 0 amide bonds. The molecular weight excluding hydrogens is 202 g/mol. The highest BCUT2D eigenvalue weighted by Gasteiger charge is 2.30. The molecule has 0 spiro atoms. The van der Waals surface area contributed by atoms with E-state index in [1.165, 1.54) is 38.6 Å². The lowest BCUT2D eigenvalue weighted by Gasteiger charge is -2.38. The van der Waals surface area contributed by atoms with Gasteiger partial charge in [-0.2, -0.15) is 0 Å². The van der Waals surface area contributed by atoms with Crippen LogP contribution >= 0.6 is 15.9 Å². The molecule has 0 aromatic rings. The highest BCUT2D eigenvalue weighted by atomic mass is 79.9. The van der Waals surface area contributed by atoms with Crippen molar-refractivity contribution in [3.63, 3.8) is 0 Å². The molecule has 64 valence electrons. The van der Waals surface area contributed by atoms with E-state index in [4.69, 9.17) is 0 Å². The quantitative estimate of drug-likeness (QED) is 0.615. The summed E-state index contributed by atoms with van der Waals surface area (Å²) in [5.74, 6) is 0.974. The third-order valence-corrected chi connectivity index (χ3v) is 3.91. The van der Waals surface area contributed by atoms with Crippen LogP contribution < -0.4 is 5.32 Å². The van der Waals surface area contributed by atoms with E-state index in [0.29, 0.717) is 0 Å². The van der Waals surface area contributed by atoms with E-state index in [1.54, 1.807) is 0 Å². The maximum atomic E-state index is 3.72. The summed E-state index contributed by atoms with van der Waals surface area (Å²) in [6.07, 6.45) is 7.01. The first-order valence-electron chi connectivity index (χ1n) is 4.74. The van der Waals surface area contributed by atoms with E-state index in [2.05, 4.69) is 21.2 Å². The van der Waals surface area contributed by atoms with Crippen LogP contribution in [-0.2, 0) is 0 Å². The van der Waals surface area contributed by atoms with E-state index in [9.17, 15) is 0 Å². The summed E-state index contributed by atoms with van der Waals surface area (Å²) in [7, 11) is 0. The molecule has 3 unspecified atom stereocenters. The van der Waals surface area contributed by atoms with Crippen LogP contribution in [-0.4, -0.2) is 17.4 Å². The van der Waals surface area contributed by atoms with Crippen molar-refractivity contribution >= 4 is 15.9 Å². The zero-order chi connectivity index (χ0) is 7.68. The molecule has 3 atom stereocenters. The SMILES string of the molecule is BrC1CCC2NCCCC2C1. The zero-order valence-electron chi connectivity index (χ0n) is 6.85. The first kappa shape index (κ1) is 8.06. The maximum absolute atomic E-state index is 3.72. The minimum absolute atomic E-state index is 0.809. The van der Waals surface area contributed by atoms with Crippen LogP contribution in [0.2, 0.25) is 0 Å². The van der Waals surface area contributed by atoms with Crippen LogP contribution in [0.5, 0.6) is 0 Å². The number of halogens is 1. The number of alkyl halides is 1. The molecule has 2 heteroatoms. The van der Waals surface area contributed by atoms with Crippen LogP contribution in [0.3, 0.4) is 0 Å². The number of piperidine rings is 1. The van der Waals surface area contributed by atoms with Crippen molar-refractivity contribution in [2.45, 2.75) is 43.0 Å². The van der Waals surface area contributed by atoms with Crippen molar-refractivity contribution in [1.82, 2.24) is 5.32 Å². The third kappa shape index (κ3) is 1.78. The van der Waals surface area contributed by atoms with Crippen molar-refractivity contribution in [1.29, 1.82) is 0 Å². The molecule has 1 aliphatic carbocycles. The minimum Gasteiger partial charge on any atom is -0.314 e.